The molecule has 1 aliphatic heterocycles. The van der Waals surface area contributed by atoms with Crippen LogP contribution in [0, 0.1) is 14.3 Å². The summed E-state index contributed by atoms with van der Waals surface area (Å²) in [6, 6.07) is 12.2. The van der Waals surface area contributed by atoms with Crippen molar-refractivity contribution in [2.24, 2.45) is 10.2 Å². The number of carbonyl (C=O) groups excluding carboxylic acids is 1. The van der Waals surface area contributed by atoms with Crippen LogP contribution in [-0.4, -0.2) is 35.7 Å². The zero-order chi connectivity index (χ0) is 24.3. The van der Waals surface area contributed by atoms with Crippen LogP contribution in [0.25, 0.3) is 11.3 Å². The Morgan fingerprint density at radius 1 is 1.26 bits per heavy atom. The van der Waals surface area contributed by atoms with Gasteiger partial charge in [-0.05, 0) is 65.3 Å². The second-order valence-corrected chi connectivity index (χ2v) is 9.28. The maximum atomic E-state index is 14.4. The van der Waals surface area contributed by atoms with Crippen LogP contribution in [0.1, 0.15) is 37.3 Å². The Kier molecular flexibility index (Phi) is 7.22. The van der Waals surface area contributed by atoms with Gasteiger partial charge in [-0.3, -0.25) is 4.79 Å². The van der Waals surface area contributed by atoms with Gasteiger partial charge in [0, 0.05) is 38.8 Å². The number of allylic oxidation sites excluding steroid dienone is 2. The molecule has 2 aliphatic rings. The number of benzene rings is 2. The number of rotatable bonds is 7. The first kappa shape index (κ1) is 24.2. The molecule has 2 aromatic carbocycles. The van der Waals surface area contributed by atoms with Crippen LogP contribution in [0.15, 0.2) is 64.3 Å². The first-order chi connectivity index (χ1) is 16.4. The molecule has 1 N–H and O–H groups in total. The average Bonchev–Trinajstić information content (AvgIpc) is 3.64. The van der Waals surface area contributed by atoms with Crippen molar-refractivity contribution in [3.63, 3.8) is 0 Å². The topological polar surface area (TPSA) is 97.6 Å². The summed E-state index contributed by atoms with van der Waals surface area (Å²) in [4.78, 5) is 27.7. The van der Waals surface area contributed by atoms with E-state index in [9.17, 15) is 19.2 Å². The van der Waals surface area contributed by atoms with Crippen LogP contribution in [-0.2, 0) is 9.53 Å². The van der Waals surface area contributed by atoms with Gasteiger partial charge in [-0.25, -0.2) is 9.38 Å². The van der Waals surface area contributed by atoms with E-state index in [1.54, 1.807) is 24.3 Å². The number of aliphatic hydroxyl groups is 1. The molecule has 1 heterocycles. The van der Waals surface area contributed by atoms with Gasteiger partial charge in [0.25, 0.3) is 0 Å². The fraction of sp³-hybridized carbons (Fsp3) is 0.280. The normalized spacial score (nSPS) is 16.8. The molecule has 1 amide bonds. The van der Waals surface area contributed by atoms with Gasteiger partial charge in [-0.1, -0.05) is 24.3 Å². The molecule has 1 saturated carbocycles. The molecule has 0 aromatic heterocycles. The molecule has 9 heteroatoms. The minimum absolute atomic E-state index is 0.131. The third kappa shape index (κ3) is 5.10. The summed E-state index contributed by atoms with van der Waals surface area (Å²) in [6.07, 6.45) is 2.89. The summed E-state index contributed by atoms with van der Waals surface area (Å²) >= 11 is 1.92. The number of ether oxygens (including phenoxy) is 2. The lowest BCUT2D eigenvalue weighted by Crippen LogP contribution is -2.27. The maximum absolute atomic E-state index is 14.4. The predicted octanol–water partition coefficient (Wildman–Crippen LogP) is 5.26. The Morgan fingerprint density at radius 2 is 2.03 bits per heavy atom. The molecule has 34 heavy (non-hydrogen) atoms. The molecule has 0 radical (unpaired) electrons. The van der Waals surface area contributed by atoms with Gasteiger partial charge in [-0.15, -0.1) is 4.91 Å². The van der Waals surface area contributed by atoms with Crippen molar-refractivity contribution in [3.05, 3.63) is 79.5 Å². The number of hydrogen-bond donors (Lipinski definition) is 1. The quantitative estimate of drug-likeness (QED) is 0.359. The van der Waals surface area contributed by atoms with E-state index in [1.807, 2.05) is 47.7 Å². The van der Waals surface area contributed by atoms with Crippen molar-refractivity contribution in [2.45, 2.75) is 31.8 Å². The summed E-state index contributed by atoms with van der Waals surface area (Å²) in [5.74, 6) is -0.531. The highest BCUT2D eigenvalue weighted by Crippen LogP contribution is 2.43. The second kappa shape index (κ2) is 10.1. The Hall–Kier alpha value is -2.92. The van der Waals surface area contributed by atoms with E-state index in [-0.39, 0.29) is 24.9 Å². The Balaban J connectivity index is 1.81. The van der Waals surface area contributed by atoms with Crippen LogP contribution in [0.5, 0.6) is 5.75 Å². The largest absolute Gasteiger partial charge is 0.491 e. The number of amides is 1. The first-order valence-electron chi connectivity index (χ1n) is 10.7. The number of nitrogens with zero attached hydrogens (tertiary/aromatic N) is 2. The highest BCUT2D eigenvalue weighted by atomic mass is 127. The molecule has 0 atom stereocenters. The zero-order valence-corrected chi connectivity index (χ0v) is 20.5. The van der Waals surface area contributed by atoms with E-state index in [0.29, 0.717) is 39.8 Å². The lowest BCUT2D eigenvalue weighted by atomic mass is 9.96. The number of aliphatic hydroxyl groups excluding tert-OH is 1. The molecule has 2 aromatic rings. The van der Waals surface area contributed by atoms with Crippen molar-refractivity contribution >= 4 is 45.7 Å². The van der Waals surface area contributed by atoms with Crippen molar-refractivity contribution in [3.8, 4) is 5.75 Å². The minimum atomic E-state index is -1.31. The Bertz CT molecular complexity index is 1230. The summed E-state index contributed by atoms with van der Waals surface area (Å²) < 4.78 is 26.5. The highest BCUT2D eigenvalue weighted by molar-refractivity contribution is 14.1. The summed E-state index contributed by atoms with van der Waals surface area (Å²) in [5.41, 5.74) is 2.20. The van der Waals surface area contributed by atoms with Crippen molar-refractivity contribution in [1.82, 2.24) is 0 Å². The van der Waals surface area contributed by atoms with E-state index < -0.39 is 11.5 Å². The number of hydrogen-bond acceptors (Lipinski definition) is 6. The molecule has 0 spiro atoms. The molecule has 176 valence electrons. The molecule has 0 unspecified atom stereocenters. The second-order valence-electron chi connectivity index (χ2n) is 8.12. The van der Waals surface area contributed by atoms with Gasteiger partial charge >= 0.3 is 5.91 Å². The number of halogens is 2. The van der Waals surface area contributed by atoms with Gasteiger partial charge in [0.05, 0.1) is 12.3 Å². The molecule has 4 rings (SSSR count). The van der Waals surface area contributed by atoms with Crippen LogP contribution in [0.4, 0.5) is 4.39 Å². The fourth-order valence-electron chi connectivity index (χ4n) is 3.76. The monoisotopic (exact) mass is 576 g/mol. The average molecular weight is 576 g/mol. The van der Waals surface area contributed by atoms with Gasteiger partial charge in [0.2, 0.25) is 5.90 Å². The number of aliphatic imine (C=N–C) groups is 1. The van der Waals surface area contributed by atoms with Gasteiger partial charge in [0.15, 0.2) is 5.60 Å². The SMILES string of the molecule is CC1=C(c2ccc(I)c(F)c2)N=C(OC2(C(=O)N=O)CC2)C=C(c2ccccc2OCCO)C1. The van der Waals surface area contributed by atoms with E-state index in [4.69, 9.17) is 9.47 Å². The summed E-state index contributed by atoms with van der Waals surface area (Å²) in [7, 11) is 0. The molecule has 0 bridgehead atoms. The predicted molar refractivity (Wildman–Crippen MR) is 135 cm³/mol. The summed E-state index contributed by atoms with van der Waals surface area (Å²) in [6.45, 7) is 1.90. The molecule has 1 fully saturated rings. The van der Waals surface area contributed by atoms with Gasteiger partial charge < -0.3 is 14.6 Å². The summed E-state index contributed by atoms with van der Waals surface area (Å²) in [5, 5.41) is 11.7. The number of para-hydroxylation sites is 1. The van der Waals surface area contributed by atoms with E-state index >= 15 is 0 Å². The standard InChI is InChI=1S/C25H22FIN2O5/c1-15-12-17(18-4-2-3-5-21(18)33-11-10-30)14-22(34-25(8-9-25)24(31)29-32)28-23(15)16-6-7-20(27)19(26)13-16/h2-7,13-14,30H,8-12H2,1H3. The molecule has 7 nitrogen and oxygen atoms in total. The molecule has 1 aliphatic carbocycles. The Labute approximate surface area is 209 Å². The van der Waals surface area contributed by atoms with Crippen molar-refractivity contribution in [2.75, 3.05) is 13.2 Å². The van der Waals surface area contributed by atoms with Crippen LogP contribution in [0.3, 0.4) is 0 Å². The van der Waals surface area contributed by atoms with Gasteiger partial charge in [-0.2, -0.15) is 0 Å². The lowest BCUT2D eigenvalue weighted by Gasteiger charge is -2.15. The lowest BCUT2D eigenvalue weighted by molar-refractivity contribution is -0.126. The molecule has 0 saturated heterocycles. The van der Waals surface area contributed by atoms with E-state index in [1.165, 1.54) is 6.07 Å². The van der Waals surface area contributed by atoms with Crippen LogP contribution in [0.2, 0.25) is 0 Å². The molecular weight excluding hydrogens is 554 g/mol. The fourth-order valence-corrected chi connectivity index (χ4v) is 4.09. The zero-order valence-electron chi connectivity index (χ0n) is 18.4. The highest BCUT2D eigenvalue weighted by Gasteiger charge is 2.54. The van der Waals surface area contributed by atoms with Crippen molar-refractivity contribution < 1.29 is 23.8 Å². The smallest absolute Gasteiger partial charge is 0.329 e. The van der Waals surface area contributed by atoms with E-state index in [2.05, 4.69) is 10.2 Å². The van der Waals surface area contributed by atoms with Crippen molar-refractivity contribution in [1.29, 1.82) is 0 Å². The van der Waals surface area contributed by atoms with Crippen LogP contribution < -0.4 is 4.74 Å². The third-order valence-electron chi connectivity index (χ3n) is 5.63. The first-order valence-corrected chi connectivity index (χ1v) is 11.8. The van der Waals surface area contributed by atoms with Crippen LogP contribution >= 0.6 is 22.6 Å². The minimum Gasteiger partial charge on any atom is -0.491 e. The van der Waals surface area contributed by atoms with E-state index in [0.717, 1.165) is 16.7 Å². The maximum Gasteiger partial charge on any atom is 0.329 e. The molecular formula is C25H22FIN2O5. The number of carbonyl (C=O) groups is 1. The third-order valence-corrected chi connectivity index (χ3v) is 6.51. The van der Waals surface area contributed by atoms with Gasteiger partial charge in [0.1, 0.15) is 18.2 Å². The Morgan fingerprint density at radius 3 is 2.71 bits per heavy atom. The number of nitroso groups, excluding NO2 is 1.